The summed E-state index contributed by atoms with van der Waals surface area (Å²) in [5.74, 6) is 0.374. The average molecular weight is 260 g/mol. The van der Waals surface area contributed by atoms with E-state index in [2.05, 4.69) is 11.9 Å². The Labute approximate surface area is 107 Å². The van der Waals surface area contributed by atoms with Crippen LogP contribution in [0, 0.1) is 4.91 Å². The lowest BCUT2D eigenvalue weighted by atomic mass is 10.1. The topological polar surface area (TPSA) is 49.7 Å². The Morgan fingerprint density at radius 3 is 2.35 bits per heavy atom. The normalized spacial score (nSPS) is 14.5. The lowest BCUT2D eigenvalue weighted by Gasteiger charge is -2.14. The van der Waals surface area contributed by atoms with E-state index in [0.29, 0.717) is 5.91 Å². The third-order valence-corrected chi connectivity index (χ3v) is 2.95. The van der Waals surface area contributed by atoms with E-state index in [4.69, 9.17) is 4.91 Å². The number of hydrogen-bond acceptors (Lipinski definition) is 3. The number of nitrogens with zero attached hydrogens (tertiary/aromatic N) is 2. The molecular weight excluding hydrogens is 235 g/mol. The molecule has 0 aromatic rings. The molecule has 1 fully saturated rings. The predicted octanol–water partition coefficient (Wildman–Crippen LogP) is 3.51. The minimum atomic E-state index is 0.374. The fourth-order valence-corrected chi connectivity index (χ4v) is 2.02. The number of carbonyl (C=O) groups is 1. The minimum absolute atomic E-state index is 0.374. The second-order valence-electron chi connectivity index (χ2n) is 4.36. The van der Waals surface area contributed by atoms with Gasteiger partial charge in [-0.2, -0.15) is 0 Å². The van der Waals surface area contributed by atoms with Crippen molar-refractivity contribution in [1.29, 1.82) is 0 Å². The molecule has 1 aliphatic rings. The maximum Gasteiger partial charge on any atom is 0.222 e. The Morgan fingerprint density at radius 2 is 1.82 bits per heavy atom. The van der Waals surface area contributed by atoms with Crippen molar-refractivity contribution in [2.45, 2.75) is 58.3 Å². The summed E-state index contributed by atoms with van der Waals surface area (Å²) in [6.45, 7) is 4.25. The van der Waals surface area contributed by atoms with E-state index in [0.717, 1.165) is 25.9 Å². The monoisotopic (exact) mass is 260 g/mol. The van der Waals surface area contributed by atoms with Crippen molar-refractivity contribution in [3.63, 3.8) is 0 Å². The molecule has 1 atom stereocenters. The van der Waals surface area contributed by atoms with E-state index >= 15 is 0 Å². The van der Waals surface area contributed by atoms with Crippen molar-refractivity contribution in [2.24, 2.45) is 4.95 Å². The predicted molar refractivity (Wildman–Crippen MR) is 74.7 cm³/mol. The van der Waals surface area contributed by atoms with Gasteiger partial charge in [0.15, 0.2) is 0 Å². The quantitative estimate of drug-likeness (QED) is 0.399. The number of likely N-dealkylation sites (tertiary alicyclic amines) is 1. The van der Waals surface area contributed by atoms with Gasteiger partial charge in [0.25, 0.3) is 0 Å². The van der Waals surface area contributed by atoms with Crippen LogP contribution in [0.1, 0.15) is 58.3 Å². The summed E-state index contributed by atoms with van der Waals surface area (Å²) < 4.78 is 0. The van der Waals surface area contributed by atoms with Crippen LogP contribution >= 0.6 is 9.39 Å². The van der Waals surface area contributed by atoms with Crippen molar-refractivity contribution in [1.82, 2.24) is 4.90 Å². The molecule has 0 N–H and O–H groups in total. The molecule has 100 valence electrons. The third-order valence-electron chi connectivity index (χ3n) is 2.95. The Hall–Kier alpha value is -0.500. The van der Waals surface area contributed by atoms with Gasteiger partial charge in [-0.1, -0.05) is 44.0 Å². The van der Waals surface area contributed by atoms with Gasteiger partial charge in [-0.3, -0.25) is 4.79 Å². The highest BCUT2D eigenvalue weighted by Gasteiger charge is 2.18. The molecule has 1 unspecified atom stereocenters. The number of nitroso groups, excluding NO2 is 1. The highest BCUT2D eigenvalue weighted by molar-refractivity contribution is 7.14. The molecule has 0 aromatic carbocycles. The number of rotatable bonds is 7. The van der Waals surface area contributed by atoms with Crippen LogP contribution in [-0.2, 0) is 4.79 Å². The van der Waals surface area contributed by atoms with E-state index in [1.807, 2.05) is 4.90 Å². The van der Waals surface area contributed by atoms with Gasteiger partial charge < -0.3 is 4.90 Å². The van der Waals surface area contributed by atoms with E-state index in [9.17, 15) is 4.79 Å². The van der Waals surface area contributed by atoms with E-state index in [1.54, 1.807) is 9.39 Å². The fraction of sp³-hybridized carbons (Fsp3) is 0.917. The zero-order valence-electron chi connectivity index (χ0n) is 10.9. The first-order chi connectivity index (χ1) is 8.26. The van der Waals surface area contributed by atoms with E-state index in [1.165, 1.54) is 38.5 Å². The van der Waals surface area contributed by atoms with Crippen molar-refractivity contribution in [3.05, 3.63) is 4.91 Å². The maximum atomic E-state index is 11.3. The van der Waals surface area contributed by atoms with Gasteiger partial charge >= 0.3 is 0 Å². The summed E-state index contributed by atoms with van der Waals surface area (Å²) in [4.78, 5) is 24.0. The second kappa shape index (κ2) is 12.0. The number of carbonyl (C=O) groups excluding carboxylic acids is 1. The number of unbranched alkanes of at least 4 members (excludes halogenated alkanes) is 5. The van der Waals surface area contributed by atoms with Gasteiger partial charge in [0.1, 0.15) is 0 Å². The van der Waals surface area contributed by atoms with E-state index in [-0.39, 0.29) is 0 Å². The van der Waals surface area contributed by atoms with Crippen LogP contribution in [-0.4, -0.2) is 23.9 Å². The van der Waals surface area contributed by atoms with Crippen LogP contribution in [0.25, 0.3) is 0 Å². The highest BCUT2D eigenvalue weighted by atomic mass is 31.0. The summed E-state index contributed by atoms with van der Waals surface area (Å²) in [5.41, 5.74) is 0. The molecule has 0 saturated carbocycles. The lowest BCUT2D eigenvalue weighted by Crippen LogP contribution is -2.25. The second-order valence-corrected chi connectivity index (χ2v) is 4.57. The minimum Gasteiger partial charge on any atom is -0.343 e. The molecule has 0 bridgehead atoms. The molecule has 1 aliphatic heterocycles. The Kier molecular flexibility index (Phi) is 11.6. The van der Waals surface area contributed by atoms with Crippen LogP contribution in [0.4, 0.5) is 0 Å². The van der Waals surface area contributed by atoms with Crippen LogP contribution in [0.5, 0.6) is 0 Å². The Morgan fingerprint density at radius 1 is 1.24 bits per heavy atom. The molecule has 5 heteroatoms. The molecule has 0 aliphatic carbocycles. The van der Waals surface area contributed by atoms with Gasteiger partial charge in [0.2, 0.25) is 5.91 Å². The first kappa shape index (κ1) is 16.5. The molecule has 0 aromatic heterocycles. The van der Waals surface area contributed by atoms with Crippen LogP contribution < -0.4 is 0 Å². The molecule has 0 radical (unpaired) electrons. The third kappa shape index (κ3) is 9.22. The summed E-state index contributed by atoms with van der Waals surface area (Å²) in [7, 11) is 1.65. The van der Waals surface area contributed by atoms with Crippen LogP contribution in [0.3, 0.4) is 0 Å². The van der Waals surface area contributed by atoms with Crippen LogP contribution in [0.2, 0.25) is 0 Å². The first-order valence-electron chi connectivity index (χ1n) is 6.56. The van der Waals surface area contributed by atoms with Gasteiger partial charge in [-0.25, -0.2) is 0 Å². The molecule has 1 amide bonds. The van der Waals surface area contributed by atoms with Gasteiger partial charge in [0.05, 0.1) is 0 Å². The Bertz CT molecular complexity index is 213. The van der Waals surface area contributed by atoms with Gasteiger partial charge in [0, 0.05) is 28.9 Å². The standard InChI is InChI=1S/C12H23NO.H2NOP/c1-2-3-4-5-6-7-10-13-11-8-9-12(13)14;2-1-3/h2-11H2,1H3;3H2. The highest BCUT2D eigenvalue weighted by Crippen LogP contribution is 2.12. The van der Waals surface area contributed by atoms with Crippen molar-refractivity contribution >= 4 is 15.3 Å². The maximum absolute atomic E-state index is 11.3. The van der Waals surface area contributed by atoms with Crippen molar-refractivity contribution in [3.8, 4) is 0 Å². The molecule has 0 spiro atoms. The SMILES string of the molecule is CCCCCCCCN1CCCC1=O.O=NP. The summed E-state index contributed by atoms with van der Waals surface area (Å²) in [5, 5.41) is 0. The molecule has 1 rings (SSSR count). The van der Waals surface area contributed by atoms with Crippen LogP contribution in [0.15, 0.2) is 4.95 Å². The average Bonchev–Trinajstić information content (AvgIpc) is 2.71. The molecule has 1 heterocycles. The number of hydrogen-bond donors (Lipinski definition) is 0. The molecule has 17 heavy (non-hydrogen) atoms. The Balaban J connectivity index is 0.000000770. The summed E-state index contributed by atoms with van der Waals surface area (Å²) in [6, 6.07) is 0. The van der Waals surface area contributed by atoms with Gasteiger partial charge in [-0.15, -0.1) is 4.91 Å². The smallest absolute Gasteiger partial charge is 0.222 e. The summed E-state index contributed by atoms with van der Waals surface area (Å²) in [6.07, 6.45) is 9.75. The molecule has 4 nitrogen and oxygen atoms in total. The zero-order valence-corrected chi connectivity index (χ0v) is 12.0. The van der Waals surface area contributed by atoms with Crippen molar-refractivity contribution in [2.75, 3.05) is 13.1 Å². The molecular formula is C12H25N2O2P. The summed E-state index contributed by atoms with van der Waals surface area (Å²) >= 11 is 0. The first-order valence-corrected chi connectivity index (χ1v) is 7.08. The van der Waals surface area contributed by atoms with Crippen molar-refractivity contribution < 1.29 is 4.79 Å². The fourth-order valence-electron chi connectivity index (χ4n) is 2.02. The lowest BCUT2D eigenvalue weighted by molar-refractivity contribution is -0.127. The zero-order chi connectivity index (χ0) is 12.9. The van der Waals surface area contributed by atoms with Gasteiger partial charge in [-0.05, 0) is 12.8 Å². The number of amides is 1. The largest absolute Gasteiger partial charge is 0.343 e. The molecule has 1 saturated heterocycles. The van der Waals surface area contributed by atoms with E-state index < -0.39 is 0 Å².